The summed E-state index contributed by atoms with van der Waals surface area (Å²) >= 11 is 0. The number of hydrogen-bond acceptors (Lipinski definition) is 9. The molecular weight excluding hydrogens is 563 g/mol. The van der Waals surface area contributed by atoms with Crippen molar-refractivity contribution in [3.05, 3.63) is 94.5 Å². The van der Waals surface area contributed by atoms with Gasteiger partial charge in [-0.1, -0.05) is 48.5 Å². The monoisotopic (exact) mass is 598 g/mol. The van der Waals surface area contributed by atoms with Crippen molar-refractivity contribution in [2.24, 2.45) is 0 Å². The number of rotatable bonds is 12. The lowest BCUT2D eigenvalue weighted by molar-refractivity contribution is -0.145. The highest BCUT2D eigenvalue weighted by Crippen LogP contribution is 2.51. The molecule has 0 bridgehead atoms. The van der Waals surface area contributed by atoms with E-state index in [9.17, 15) is 18.9 Å². The molecule has 1 saturated heterocycles. The number of esters is 1. The third-order valence-electron chi connectivity index (χ3n) is 6.42. The first-order valence-electron chi connectivity index (χ1n) is 13.3. The van der Waals surface area contributed by atoms with Crippen LogP contribution in [0.2, 0.25) is 0 Å². The minimum Gasteiger partial charge on any atom is -0.460 e. The first kappa shape index (κ1) is 31.2. The van der Waals surface area contributed by atoms with Crippen LogP contribution in [0.4, 0.5) is 5.82 Å². The standard InChI is InChI=1S/C28H35N6O7P/c1-32(2)42(38,33(3)18-26(35)39-19-21-10-6-4-7-11-21)40-20-23-16-29-17-25(41-23)34-15-14-24(31-28(34)37)30-27(36)22-12-8-5-9-13-22/h4-15,23,25,29H,16-20H2,1-3H3,(H,30,31,36,37)/t23-,25+,42-/m0/s1. The Labute approximate surface area is 244 Å². The Bertz CT molecular complexity index is 1450. The summed E-state index contributed by atoms with van der Waals surface area (Å²) in [7, 11) is 1.11. The lowest BCUT2D eigenvalue weighted by atomic mass is 10.2. The molecule has 1 aliphatic rings. The Hall–Kier alpha value is -3.71. The SMILES string of the molecule is CN(C)[P@](=O)(OC[C@@H]1CNC[C@H](n2ccc(NC(=O)c3ccccc3)nc2=O)O1)N(C)CC(=O)OCc1ccccc1. The quantitative estimate of drug-likeness (QED) is 0.234. The predicted molar refractivity (Wildman–Crippen MR) is 156 cm³/mol. The molecule has 2 heterocycles. The maximum absolute atomic E-state index is 13.7. The van der Waals surface area contributed by atoms with Gasteiger partial charge in [0, 0.05) is 24.8 Å². The largest absolute Gasteiger partial charge is 0.460 e. The van der Waals surface area contributed by atoms with Crippen molar-refractivity contribution in [1.82, 2.24) is 24.2 Å². The third-order valence-corrected chi connectivity index (χ3v) is 8.93. The zero-order valence-electron chi connectivity index (χ0n) is 23.7. The van der Waals surface area contributed by atoms with Crippen molar-refractivity contribution in [2.75, 3.05) is 52.7 Å². The van der Waals surface area contributed by atoms with Crippen molar-refractivity contribution >= 4 is 25.4 Å². The van der Waals surface area contributed by atoms with Crippen molar-refractivity contribution < 1.29 is 28.2 Å². The molecule has 224 valence electrons. The van der Waals surface area contributed by atoms with E-state index in [1.54, 1.807) is 44.4 Å². The van der Waals surface area contributed by atoms with Gasteiger partial charge in [-0.05, 0) is 44.9 Å². The van der Waals surface area contributed by atoms with Gasteiger partial charge in [-0.15, -0.1) is 0 Å². The van der Waals surface area contributed by atoms with Crippen LogP contribution in [-0.4, -0.2) is 84.3 Å². The summed E-state index contributed by atoms with van der Waals surface area (Å²) in [6.07, 6.45) is 0.223. The number of aromatic nitrogens is 2. The molecule has 1 aromatic heterocycles. The Kier molecular flexibility index (Phi) is 10.7. The molecule has 2 aromatic carbocycles. The molecule has 13 nitrogen and oxygen atoms in total. The number of anilines is 1. The van der Waals surface area contributed by atoms with E-state index in [-0.39, 0.29) is 31.5 Å². The summed E-state index contributed by atoms with van der Waals surface area (Å²) < 4.78 is 35.0. The number of amides is 1. The van der Waals surface area contributed by atoms with E-state index < -0.39 is 31.7 Å². The maximum atomic E-state index is 13.7. The van der Waals surface area contributed by atoms with Gasteiger partial charge in [0.1, 0.15) is 19.0 Å². The van der Waals surface area contributed by atoms with E-state index >= 15 is 0 Å². The molecule has 4 rings (SSSR count). The van der Waals surface area contributed by atoms with Crippen LogP contribution in [0.1, 0.15) is 22.1 Å². The summed E-state index contributed by atoms with van der Waals surface area (Å²) in [5, 5.41) is 5.80. The van der Waals surface area contributed by atoms with Gasteiger partial charge in [0.25, 0.3) is 5.91 Å². The van der Waals surface area contributed by atoms with Crippen LogP contribution in [-0.2, 0) is 30.0 Å². The molecular formula is C28H35N6O7P. The highest BCUT2D eigenvalue weighted by atomic mass is 31.2. The van der Waals surface area contributed by atoms with Gasteiger partial charge < -0.3 is 24.6 Å². The van der Waals surface area contributed by atoms with E-state index in [1.807, 2.05) is 30.3 Å². The minimum absolute atomic E-state index is 0.0737. The van der Waals surface area contributed by atoms with Crippen LogP contribution in [0, 0.1) is 0 Å². The number of likely N-dealkylation sites (N-methyl/N-ethyl adjacent to an activating group) is 1. The topological polar surface area (TPSA) is 144 Å². The Morgan fingerprint density at radius 2 is 1.76 bits per heavy atom. The van der Waals surface area contributed by atoms with E-state index in [4.69, 9.17) is 14.0 Å². The van der Waals surface area contributed by atoms with Crippen molar-refractivity contribution in [1.29, 1.82) is 0 Å². The summed E-state index contributed by atoms with van der Waals surface area (Å²) in [6.45, 7) is 0.503. The highest BCUT2D eigenvalue weighted by molar-refractivity contribution is 7.53. The average molecular weight is 599 g/mol. The van der Waals surface area contributed by atoms with Gasteiger partial charge in [-0.25, -0.2) is 14.1 Å². The molecule has 1 amide bonds. The average Bonchev–Trinajstić information content (AvgIpc) is 3.00. The molecule has 2 N–H and O–H groups in total. The van der Waals surface area contributed by atoms with Crippen LogP contribution in [0.5, 0.6) is 0 Å². The van der Waals surface area contributed by atoms with Crippen molar-refractivity contribution in [3.8, 4) is 0 Å². The van der Waals surface area contributed by atoms with Crippen molar-refractivity contribution in [3.63, 3.8) is 0 Å². The van der Waals surface area contributed by atoms with E-state index in [0.717, 1.165) is 5.56 Å². The number of ether oxygens (including phenoxy) is 2. The molecule has 0 spiro atoms. The van der Waals surface area contributed by atoms with Gasteiger partial charge in [-0.3, -0.25) is 18.7 Å². The minimum atomic E-state index is -3.61. The number of morpholine rings is 1. The molecule has 14 heteroatoms. The highest BCUT2D eigenvalue weighted by Gasteiger charge is 2.36. The molecule has 42 heavy (non-hydrogen) atoms. The van der Waals surface area contributed by atoms with E-state index in [2.05, 4.69) is 15.6 Å². The molecule has 1 aliphatic heterocycles. The lowest BCUT2D eigenvalue weighted by Crippen LogP contribution is -2.47. The normalized spacial score (nSPS) is 18.4. The first-order valence-corrected chi connectivity index (χ1v) is 14.8. The lowest BCUT2D eigenvalue weighted by Gasteiger charge is -2.35. The molecule has 0 saturated carbocycles. The van der Waals surface area contributed by atoms with Gasteiger partial charge in [0.05, 0.1) is 12.7 Å². The fourth-order valence-corrected chi connectivity index (χ4v) is 5.88. The molecule has 3 atom stereocenters. The zero-order chi connectivity index (χ0) is 30.1. The molecule has 0 radical (unpaired) electrons. The maximum Gasteiger partial charge on any atom is 0.351 e. The number of benzene rings is 2. The number of carbonyl (C=O) groups is 2. The Morgan fingerprint density at radius 3 is 2.43 bits per heavy atom. The molecule has 0 unspecified atom stereocenters. The van der Waals surface area contributed by atoms with Crippen LogP contribution in [0.15, 0.2) is 77.7 Å². The number of carbonyl (C=O) groups excluding carboxylic acids is 2. The van der Waals surface area contributed by atoms with Crippen LogP contribution >= 0.6 is 7.67 Å². The second-order valence-electron chi connectivity index (χ2n) is 9.79. The summed E-state index contributed by atoms with van der Waals surface area (Å²) in [6, 6.07) is 19.4. The molecule has 1 fully saturated rings. The smallest absolute Gasteiger partial charge is 0.351 e. The first-order chi connectivity index (χ1) is 20.2. The van der Waals surface area contributed by atoms with Crippen molar-refractivity contribution in [2.45, 2.75) is 18.9 Å². The Morgan fingerprint density at radius 1 is 1.07 bits per heavy atom. The van der Waals surface area contributed by atoms with Gasteiger partial charge in [0.2, 0.25) is 0 Å². The summed E-state index contributed by atoms with van der Waals surface area (Å²) in [5.41, 5.74) is 0.677. The molecule has 0 aliphatic carbocycles. The summed E-state index contributed by atoms with van der Waals surface area (Å²) in [4.78, 5) is 41.6. The zero-order valence-corrected chi connectivity index (χ0v) is 24.6. The third kappa shape index (κ3) is 8.19. The second-order valence-corrected chi connectivity index (χ2v) is 12.5. The fourth-order valence-electron chi connectivity index (χ4n) is 4.19. The van der Waals surface area contributed by atoms with Crippen LogP contribution in [0.3, 0.4) is 0 Å². The van der Waals surface area contributed by atoms with Crippen LogP contribution < -0.4 is 16.3 Å². The van der Waals surface area contributed by atoms with Gasteiger partial charge in [0.15, 0.2) is 6.23 Å². The van der Waals surface area contributed by atoms with Gasteiger partial charge in [-0.2, -0.15) is 4.98 Å². The van der Waals surface area contributed by atoms with Gasteiger partial charge >= 0.3 is 19.3 Å². The summed E-state index contributed by atoms with van der Waals surface area (Å²) in [5.74, 6) is -0.809. The predicted octanol–water partition coefficient (Wildman–Crippen LogP) is 2.34. The van der Waals surface area contributed by atoms with E-state index in [0.29, 0.717) is 18.7 Å². The van der Waals surface area contributed by atoms with Crippen LogP contribution in [0.25, 0.3) is 0 Å². The number of nitrogens with zero attached hydrogens (tertiary/aromatic N) is 4. The number of hydrogen-bond donors (Lipinski definition) is 2. The second kappa shape index (κ2) is 14.5. The number of nitrogens with one attached hydrogen (secondary N) is 2. The fraction of sp³-hybridized carbons (Fsp3) is 0.357. The molecule has 3 aromatic rings. The van der Waals surface area contributed by atoms with E-state index in [1.165, 1.54) is 33.2 Å². The Balaban J connectivity index is 1.32.